The minimum absolute atomic E-state index is 0.0180. The van der Waals surface area contributed by atoms with Crippen molar-refractivity contribution in [2.75, 3.05) is 11.5 Å². The van der Waals surface area contributed by atoms with Crippen molar-refractivity contribution >= 4 is 23.5 Å². The van der Waals surface area contributed by atoms with E-state index < -0.39 is 124 Å². The third-order valence-electron chi connectivity index (χ3n) is 7.70. The van der Waals surface area contributed by atoms with Crippen molar-refractivity contribution in [1.29, 1.82) is 0 Å². The van der Waals surface area contributed by atoms with Crippen LogP contribution in [-0.2, 0) is 16.9 Å². The van der Waals surface area contributed by atoms with E-state index in [1.807, 2.05) is 0 Å². The first kappa shape index (κ1) is 52.9. The second kappa shape index (κ2) is 15.7. The maximum absolute atomic E-state index is 14.1. The molecule has 1 nitrogen and oxygen atoms in total. The summed E-state index contributed by atoms with van der Waals surface area (Å²) in [4.78, 5) is 0. The molecule has 0 aliphatic heterocycles. The molecule has 0 spiro atoms. The minimum atomic E-state index is -8.13. The number of hydrogen-bond acceptors (Lipinski definition) is 3. The Morgan fingerprint density at radius 2 is 0.719 bits per heavy atom. The average Bonchev–Trinajstić information content (AvgIpc) is 2.99. The molecule has 0 amide bonds. The van der Waals surface area contributed by atoms with Crippen LogP contribution >= 0.6 is 23.5 Å². The van der Waals surface area contributed by atoms with E-state index in [2.05, 4.69) is 0 Å². The van der Waals surface area contributed by atoms with E-state index >= 15 is 0 Å². The zero-order chi connectivity index (χ0) is 45.9. The predicted molar refractivity (Wildman–Crippen MR) is 150 cm³/mol. The zero-order valence-corrected chi connectivity index (χ0v) is 29.6. The van der Waals surface area contributed by atoms with Crippen LogP contribution in [0, 0.1) is 0 Å². The molecule has 1 N–H and O–H groups in total. The molecule has 29 heteroatoms. The molecule has 0 bridgehead atoms. The molecule has 57 heavy (non-hydrogen) atoms. The monoisotopic (exact) mass is 934 g/mol. The number of phenols is 1. The van der Waals surface area contributed by atoms with E-state index in [1.54, 1.807) is 0 Å². The fraction of sp³-hybridized carbons (Fsp3) is 0.786. The molecule has 0 aliphatic rings. The maximum Gasteiger partial charge on any atom is 0.460 e. The van der Waals surface area contributed by atoms with Crippen molar-refractivity contribution in [3.63, 3.8) is 0 Å². The van der Waals surface area contributed by atoms with Gasteiger partial charge in [-0.15, -0.1) is 0 Å². The van der Waals surface area contributed by atoms with Gasteiger partial charge in [0.25, 0.3) is 0 Å². The van der Waals surface area contributed by atoms with Gasteiger partial charge in [0.2, 0.25) is 0 Å². The second-order valence-corrected chi connectivity index (χ2v) is 15.2. The van der Waals surface area contributed by atoms with E-state index in [9.17, 15) is 119 Å². The Bertz CT molecular complexity index is 1540. The number of halogens is 26. The molecular formula is C28H24F26OS2. The van der Waals surface area contributed by atoms with Gasteiger partial charge in [-0.3, -0.25) is 0 Å². The van der Waals surface area contributed by atoms with Crippen LogP contribution in [0.5, 0.6) is 5.75 Å². The van der Waals surface area contributed by atoms with E-state index in [-0.39, 0.29) is 34.7 Å². The number of alkyl halides is 26. The molecule has 0 fully saturated rings. The Morgan fingerprint density at radius 1 is 0.421 bits per heavy atom. The van der Waals surface area contributed by atoms with Gasteiger partial charge in [0, 0.05) is 29.9 Å². The van der Waals surface area contributed by atoms with Gasteiger partial charge in [0.05, 0.1) is 0 Å². The molecule has 1 aromatic carbocycles. The molecule has 0 aliphatic carbocycles. The van der Waals surface area contributed by atoms with Crippen molar-refractivity contribution < 1.29 is 119 Å². The predicted octanol–water partition coefficient (Wildman–Crippen LogP) is 13.4. The van der Waals surface area contributed by atoms with Gasteiger partial charge in [-0.05, 0) is 28.0 Å². The maximum atomic E-state index is 14.1. The summed E-state index contributed by atoms with van der Waals surface area (Å²) in [6, 6.07) is 1.86. The van der Waals surface area contributed by atoms with E-state index in [4.69, 9.17) is 0 Å². The third-order valence-corrected chi connectivity index (χ3v) is 9.74. The van der Waals surface area contributed by atoms with Crippen molar-refractivity contribution in [2.24, 2.45) is 0 Å². The molecule has 0 saturated carbocycles. The number of thioether (sulfide) groups is 2. The Kier molecular flexibility index (Phi) is 14.6. The largest absolute Gasteiger partial charge is 0.507 e. The Morgan fingerprint density at radius 3 is 1.02 bits per heavy atom. The molecule has 0 saturated heterocycles. The van der Waals surface area contributed by atoms with Crippen LogP contribution in [0.4, 0.5) is 114 Å². The summed E-state index contributed by atoms with van der Waals surface area (Å²) >= 11 is 0.0340. The van der Waals surface area contributed by atoms with Gasteiger partial charge in [-0.2, -0.15) is 138 Å². The van der Waals surface area contributed by atoms with Crippen LogP contribution in [0.2, 0.25) is 0 Å². The number of phenolic OH excluding ortho intramolecular Hbond substituents is 1. The van der Waals surface area contributed by atoms with Crippen molar-refractivity contribution in [1.82, 2.24) is 0 Å². The van der Waals surface area contributed by atoms with Crippen LogP contribution in [0.25, 0.3) is 0 Å². The summed E-state index contributed by atoms with van der Waals surface area (Å²) in [6.45, 7) is 4.08. The molecule has 0 heterocycles. The molecule has 0 radical (unpaired) electrons. The molecular weight excluding hydrogens is 910 g/mol. The summed E-state index contributed by atoms with van der Waals surface area (Å²) in [7, 11) is 0. The number of rotatable bonds is 18. The number of aromatic hydroxyl groups is 1. The van der Waals surface area contributed by atoms with E-state index in [0.717, 1.165) is 12.1 Å². The molecule has 0 aromatic heterocycles. The fourth-order valence-electron chi connectivity index (χ4n) is 4.22. The normalized spacial score (nSPS) is 15.7. The highest BCUT2D eigenvalue weighted by Gasteiger charge is 2.92. The van der Waals surface area contributed by atoms with Crippen LogP contribution in [0.3, 0.4) is 0 Å². The van der Waals surface area contributed by atoms with Gasteiger partial charge in [-0.25, -0.2) is 0 Å². The molecule has 1 aromatic rings. The van der Waals surface area contributed by atoms with Crippen molar-refractivity contribution in [3.05, 3.63) is 28.8 Å². The lowest BCUT2D eigenvalue weighted by Gasteiger charge is -2.39. The van der Waals surface area contributed by atoms with Crippen molar-refractivity contribution in [3.8, 4) is 5.75 Å². The SMILES string of the molecule is CC(C)(C)c1cc(CSCCC(F)(F)C(F)(F)C(F)(F)C(F)(F)C(F)(F)C(F)(F)F)cc(CSCCC(F)(F)C(F)(F)C(F)(F)C(F)(F)C(F)(F)C(F)(F)F)c1O. The lowest BCUT2D eigenvalue weighted by Crippen LogP contribution is -2.70. The average molecular weight is 935 g/mol. The van der Waals surface area contributed by atoms with Gasteiger partial charge in [-0.1, -0.05) is 32.9 Å². The lowest BCUT2D eigenvalue weighted by molar-refractivity contribution is -0.439. The quantitative estimate of drug-likeness (QED) is 0.117. The summed E-state index contributed by atoms with van der Waals surface area (Å²) < 4.78 is 347. The Labute approximate surface area is 311 Å². The summed E-state index contributed by atoms with van der Waals surface area (Å²) in [6.07, 6.45) is -20.4. The summed E-state index contributed by atoms with van der Waals surface area (Å²) in [5, 5.41) is 10.6. The highest BCUT2D eigenvalue weighted by Crippen LogP contribution is 2.62. The van der Waals surface area contributed by atoms with E-state index in [1.165, 1.54) is 20.8 Å². The molecule has 336 valence electrons. The van der Waals surface area contributed by atoms with Crippen LogP contribution < -0.4 is 0 Å². The smallest absolute Gasteiger partial charge is 0.460 e. The first-order valence-electron chi connectivity index (χ1n) is 14.6. The number of benzene rings is 1. The van der Waals surface area contributed by atoms with Crippen LogP contribution in [-0.4, -0.2) is 88.2 Å². The fourth-order valence-corrected chi connectivity index (χ4v) is 6.15. The number of hydrogen-bond donors (Lipinski definition) is 1. The standard InChI is InChI=1S/C28H24F26OS2/c1-16(2,3)14-9-12(10-56-6-4-17(29,30)19(33,34)21(37,38)23(41,42)25(45,46)27(49,50)51)8-13(15(14)55)11-57-7-5-18(31,32)20(35,36)22(39,40)24(43,44)26(47,48)28(52,53)54/h8-9,55H,4-7,10-11H2,1-3H3. The van der Waals surface area contributed by atoms with Gasteiger partial charge in [0.1, 0.15) is 5.75 Å². The van der Waals surface area contributed by atoms with E-state index in [0.29, 0.717) is 0 Å². The summed E-state index contributed by atoms with van der Waals surface area (Å²) in [5.41, 5.74) is -1.94. The minimum Gasteiger partial charge on any atom is -0.507 e. The van der Waals surface area contributed by atoms with Gasteiger partial charge in [0.15, 0.2) is 0 Å². The third kappa shape index (κ3) is 9.16. The Hall–Kier alpha value is -2.10. The summed E-state index contributed by atoms with van der Waals surface area (Å²) in [5.74, 6) is -81.5. The Balaban J connectivity index is 3.24. The second-order valence-electron chi connectivity index (χ2n) is 13.0. The topological polar surface area (TPSA) is 20.2 Å². The molecule has 1 rings (SSSR count). The highest BCUT2D eigenvalue weighted by molar-refractivity contribution is 7.98. The molecule has 0 atom stereocenters. The van der Waals surface area contributed by atoms with Crippen LogP contribution in [0.15, 0.2) is 12.1 Å². The van der Waals surface area contributed by atoms with Gasteiger partial charge >= 0.3 is 71.6 Å². The van der Waals surface area contributed by atoms with Crippen LogP contribution in [0.1, 0.15) is 50.3 Å². The van der Waals surface area contributed by atoms with Gasteiger partial charge < -0.3 is 5.11 Å². The first-order valence-corrected chi connectivity index (χ1v) is 16.9. The zero-order valence-electron chi connectivity index (χ0n) is 28.0. The molecule has 0 unspecified atom stereocenters. The lowest BCUT2D eigenvalue weighted by atomic mass is 9.84. The highest BCUT2D eigenvalue weighted by atomic mass is 32.2. The van der Waals surface area contributed by atoms with Crippen molar-refractivity contribution in [2.45, 2.75) is 122 Å². The first-order chi connectivity index (χ1) is 24.7.